The van der Waals surface area contributed by atoms with Crippen molar-refractivity contribution in [2.45, 2.75) is 31.7 Å². The molecule has 1 aliphatic rings. The lowest BCUT2D eigenvalue weighted by Crippen LogP contribution is -2.29. The van der Waals surface area contributed by atoms with E-state index in [-0.39, 0.29) is 12.2 Å². The lowest BCUT2D eigenvalue weighted by atomic mass is 10.1. The summed E-state index contributed by atoms with van der Waals surface area (Å²) in [4.78, 5) is 10.2. The molecule has 0 spiro atoms. The fourth-order valence-corrected chi connectivity index (χ4v) is 4.08. The Labute approximate surface area is 182 Å². The first-order chi connectivity index (χ1) is 15.5. The third-order valence-corrected chi connectivity index (χ3v) is 5.80. The summed E-state index contributed by atoms with van der Waals surface area (Å²) in [7, 11) is 0. The van der Waals surface area contributed by atoms with E-state index in [0.717, 1.165) is 43.1 Å². The molecule has 1 aliphatic heterocycles. The minimum absolute atomic E-state index is 0.0780. The normalized spacial score (nSPS) is 15.3. The van der Waals surface area contributed by atoms with Gasteiger partial charge in [-0.25, -0.2) is 0 Å². The number of aromatic nitrogens is 4. The van der Waals surface area contributed by atoms with Crippen LogP contribution < -0.4 is 10.2 Å². The molecule has 0 bridgehead atoms. The van der Waals surface area contributed by atoms with Crippen LogP contribution >= 0.6 is 0 Å². The summed E-state index contributed by atoms with van der Waals surface area (Å²) >= 11 is 0. The number of benzene rings is 1. The first kappa shape index (κ1) is 20.6. The molecule has 0 radical (unpaired) electrons. The van der Waals surface area contributed by atoms with Crippen LogP contribution in [0.15, 0.2) is 61.2 Å². The van der Waals surface area contributed by atoms with Gasteiger partial charge in [-0.05, 0) is 44.1 Å². The molecule has 6 nitrogen and oxygen atoms in total. The Bertz CT molecular complexity index is 1220. The number of alkyl halides is 3. The Morgan fingerprint density at radius 1 is 1.06 bits per heavy atom. The highest BCUT2D eigenvalue weighted by Crippen LogP contribution is 2.32. The summed E-state index contributed by atoms with van der Waals surface area (Å²) in [5, 5.41) is 7.88. The highest BCUT2D eigenvalue weighted by molar-refractivity contribution is 5.80. The van der Waals surface area contributed by atoms with E-state index in [1.165, 1.54) is 16.9 Å². The van der Waals surface area contributed by atoms with Gasteiger partial charge >= 0.3 is 6.18 Å². The van der Waals surface area contributed by atoms with Crippen molar-refractivity contribution in [1.29, 1.82) is 0 Å². The molecule has 0 saturated carbocycles. The van der Waals surface area contributed by atoms with E-state index in [1.807, 2.05) is 23.1 Å². The van der Waals surface area contributed by atoms with Crippen LogP contribution in [-0.2, 0) is 12.8 Å². The number of pyridine rings is 1. The van der Waals surface area contributed by atoms with Gasteiger partial charge < -0.3 is 10.2 Å². The van der Waals surface area contributed by atoms with Crippen LogP contribution in [0.3, 0.4) is 0 Å². The van der Waals surface area contributed by atoms with Crippen molar-refractivity contribution in [1.82, 2.24) is 24.8 Å². The van der Waals surface area contributed by atoms with E-state index in [9.17, 15) is 13.2 Å². The van der Waals surface area contributed by atoms with Crippen molar-refractivity contribution in [2.24, 2.45) is 0 Å². The fraction of sp³-hybridized carbons (Fsp3) is 0.304. The molecule has 0 unspecified atom stereocenters. The molecule has 9 heteroatoms. The number of piperidine rings is 1. The lowest BCUT2D eigenvalue weighted by Gasteiger charge is -2.22. The minimum atomic E-state index is -4.43. The topological polar surface area (TPSA) is 56.9 Å². The van der Waals surface area contributed by atoms with Crippen LogP contribution in [0.1, 0.15) is 30.0 Å². The summed E-state index contributed by atoms with van der Waals surface area (Å²) in [6.07, 6.45) is 4.92. The molecule has 0 amide bonds. The first-order valence-corrected chi connectivity index (χ1v) is 10.5. The number of nitrogens with one attached hydrogen (secondary N) is 1. The summed E-state index contributed by atoms with van der Waals surface area (Å²) in [5.74, 6) is 0. The second-order valence-electron chi connectivity index (χ2n) is 7.89. The molecular weight excluding hydrogens is 419 g/mol. The van der Waals surface area contributed by atoms with E-state index >= 15 is 0 Å². The van der Waals surface area contributed by atoms with Crippen molar-refractivity contribution in [3.63, 3.8) is 0 Å². The van der Waals surface area contributed by atoms with Crippen molar-refractivity contribution >= 4 is 11.0 Å². The zero-order valence-corrected chi connectivity index (χ0v) is 17.2. The summed E-state index contributed by atoms with van der Waals surface area (Å²) in [6, 6.07) is 9.50. The smallest absolute Gasteiger partial charge is 0.409 e. The predicted molar refractivity (Wildman–Crippen MR) is 114 cm³/mol. The molecule has 32 heavy (non-hydrogen) atoms. The van der Waals surface area contributed by atoms with E-state index in [2.05, 4.69) is 15.4 Å². The van der Waals surface area contributed by atoms with Crippen molar-refractivity contribution in [3.05, 3.63) is 72.3 Å². The van der Waals surface area contributed by atoms with Gasteiger partial charge in [0.15, 0.2) is 0 Å². The number of hydrogen-bond acceptors (Lipinski definition) is 4. The number of fused-ring (bicyclic) bond motifs is 1. The largest absolute Gasteiger partial charge is 0.416 e. The van der Waals surface area contributed by atoms with Gasteiger partial charge in [0.25, 0.3) is 0 Å². The quantitative estimate of drug-likeness (QED) is 0.497. The van der Waals surface area contributed by atoms with Gasteiger partial charge in [0, 0.05) is 35.3 Å². The zero-order valence-electron chi connectivity index (χ0n) is 17.2. The third-order valence-electron chi connectivity index (χ3n) is 5.80. The number of hydrogen-bond donors (Lipinski definition) is 1. The van der Waals surface area contributed by atoms with Crippen LogP contribution in [0.5, 0.6) is 0 Å². The first-order valence-electron chi connectivity index (χ1n) is 10.5. The molecule has 4 heterocycles. The SMILES string of the molecule is FC(F)(F)c1ccccc1COn1ccc2ncc(-c3cnn(C4CCNCC4)c3)cc21. The number of nitrogens with zero attached hydrogens (tertiary/aromatic N) is 4. The van der Waals surface area contributed by atoms with Crippen LogP contribution in [-0.4, -0.2) is 32.6 Å². The number of halogens is 3. The maximum absolute atomic E-state index is 13.3. The summed E-state index contributed by atoms with van der Waals surface area (Å²) in [6.45, 7) is 1.75. The average molecular weight is 441 g/mol. The molecule has 0 aliphatic carbocycles. The van der Waals surface area contributed by atoms with Gasteiger partial charge in [0.05, 0.1) is 23.3 Å². The van der Waals surface area contributed by atoms with Gasteiger partial charge in [-0.15, -0.1) is 0 Å². The van der Waals surface area contributed by atoms with E-state index in [4.69, 9.17) is 4.84 Å². The molecule has 1 fully saturated rings. The van der Waals surface area contributed by atoms with Crippen molar-refractivity contribution in [3.8, 4) is 11.1 Å². The maximum atomic E-state index is 13.3. The van der Waals surface area contributed by atoms with Crippen molar-refractivity contribution in [2.75, 3.05) is 13.1 Å². The van der Waals surface area contributed by atoms with Crippen LogP contribution in [0, 0.1) is 0 Å². The molecule has 3 aromatic heterocycles. The Balaban J connectivity index is 1.39. The number of rotatable bonds is 5. The van der Waals surface area contributed by atoms with Gasteiger partial charge in [-0.2, -0.15) is 23.0 Å². The maximum Gasteiger partial charge on any atom is 0.416 e. The molecule has 0 atom stereocenters. The van der Waals surface area contributed by atoms with Crippen LogP contribution in [0.2, 0.25) is 0 Å². The Morgan fingerprint density at radius 3 is 2.69 bits per heavy atom. The van der Waals surface area contributed by atoms with Gasteiger partial charge in [-0.1, -0.05) is 18.2 Å². The van der Waals surface area contributed by atoms with E-state index in [1.54, 1.807) is 24.5 Å². The van der Waals surface area contributed by atoms with E-state index in [0.29, 0.717) is 17.1 Å². The van der Waals surface area contributed by atoms with E-state index < -0.39 is 11.7 Å². The minimum Gasteiger partial charge on any atom is -0.409 e. The third kappa shape index (κ3) is 4.08. The van der Waals surface area contributed by atoms with Gasteiger partial charge in [-0.3, -0.25) is 9.67 Å². The average Bonchev–Trinajstić information content (AvgIpc) is 3.45. The van der Waals surface area contributed by atoms with Crippen molar-refractivity contribution < 1.29 is 18.0 Å². The summed E-state index contributed by atoms with van der Waals surface area (Å²) < 4.78 is 43.3. The molecule has 1 N–H and O–H groups in total. The molecule has 4 aromatic rings. The highest BCUT2D eigenvalue weighted by atomic mass is 19.4. The second-order valence-corrected chi connectivity index (χ2v) is 7.89. The highest BCUT2D eigenvalue weighted by Gasteiger charge is 2.33. The zero-order chi connectivity index (χ0) is 22.1. The molecule has 166 valence electrons. The summed E-state index contributed by atoms with van der Waals surface area (Å²) in [5.41, 5.74) is 2.57. The Morgan fingerprint density at radius 2 is 1.88 bits per heavy atom. The molecule has 1 saturated heterocycles. The van der Waals surface area contributed by atoms with Crippen LogP contribution in [0.25, 0.3) is 22.2 Å². The monoisotopic (exact) mass is 441 g/mol. The predicted octanol–water partition coefficient (Wildman–Crippen LogP) is 4.47. The molecular formula is C23H22F3N5O. The molecule has 1 aromatic carbocycles. The second kappa shape index (κ2) is 8.31. The Hall–Kier alpha value is -3.33. The van der Waals surface area contributed by atoms with Crippen LogP contribution in [0.4, 0.5) is 13.2 Å². The standard InChI is InChI=1S/C23H22F3N5O/c24-23(25,26)20-4-2-1-3-16(20)15-32-31-10-7-21-22(31)11-17(12-28-21)18-13-29-30(14-18)19-5-8-27-9-6-19/h1-4,7,10-14,19,27H,5-6,8-9,15H2. The Kier molecular flexibility index (Phi) is 5.34. The lowest BCUT2D eigenvalue weighted by molar-refractivity contribution is -0.138. The fourth-order valence-electron chi connectivity index (χ4n) is 4.08. The van der Waals surface area contributed by atoms with Gasteiger partial charge in [0.2, 0.25) is 0 Å². The molecule has 5 rings (SSSR count). The van der Waals surface area contributed by atoms with Gasteiger partial charge in [0.1, 0.15) is 12.1 Å².